The minimum atomic E-state index is 0.114. The fourth-order valence-electron chi connectivity index (χ4n) is 2.31. The zero-order valence-corrected chi connectivity index (χ0v) is 11.8. The van der Waals surface area contributed by atoms with E-state index in [4.69, 9.17) is 0 Å². The molecule has 17 heavy (non-hydrogen) atoms. The Hall–Kier alpha value is -0.610. The van der Waals surface area contributed by atoms with Gasteiger partial charge in [0.2, 0.25) is 0 Å². The summed E-state index contributed by atoms with van der Waals surface area (Å²) in [5, 5.41) is 10.3. The number of thiazole rings is 1. The Morgan fingerprint density at radius 3 is 2.76 bits per heavy atom. The third-order valence-corrected chi connectivity index (χ3v) is 4.84. The quantitative estimate of drug-likeness (QED) is 0.881. The van der Waals surface area contributed by atoms with Crippen LogP contribution in [0.1, 0.15) is 43.7 Å². The lowest BCUT2D eigenvalue weighted by Crippen LogP contribution is -2.24. The van der Waals surface area contributed by atoms with E-state index in [0.717, 1.165) is 28.8 Å². The Kier molecular flexibility index (Phi) is 3.73. The van der Waals surface area contributed by atoms with Crippen LogP contribution in [0, 0.1) is 12.3 Å². The number of hydrogen-bond donors (Lipinski definition) is 1. The van der Waals surface area contributed by atoms with Gasteiger partial charge in [-0.1, -0.05) is 25.2 Å². The van der Waals surface area contributed by atoms with E-state index in [-0.39, 0.29) is 6.61 Å². The van der Waals surface area contributed by atoms with Crippen molar-refractivity contribution in [3.05, 3.63) is 10.6 Å². The molecule has 1 aliphatic rings. The number of rotatable bonds is 2. The third kappa shape index (κ3) is 2.99. The molecule has 0 atom stereocenters. The van der Waals surface area contributed by atoms with Crippen molar-refractivity contribution in [2.45, 2.75) is 46.6 Å². The predicted octanol–water partition coefficient (Wildman–Crippen LogP) is 2.96. The summed E-state index contributed by atoms with van der Waals surface area (Å²) < 4.78 is 0. The Labute approximate surface area is 107 Å². The molecule has 3 nitrogen and oxygen atoms in total. The maximum atomic E-state index is 9.22. The van der Waals surface area contributed by atoms with Crippen LogP contribution in [0.4, 0.5) is 5.13 Å². The molecule has 1 N–H and O–H groups in total. The summed E-state index contributed by atoms with van der Waals surface area (Å²) in [5.74, 6) is 0. The highest BCUT2D eigenvalue weighted by Crippen LogP contribution is 2.33. The molecule has 2 heterocycles. The van der Waals surface area contributed by atoms with Crippen LogP contribution in [0.2, 0.25) is 0 Å². The smallest absolute Gasteiger partial charge is 0.185 e. The van der Waals surface area contributed by atoms with Crippen LogP contribution in [-0.2, 0) is 6.61 Å². The lowest BCUT2D eigenvalue weighted by Gasteiger charge is -2.22. The van der Waals surface area contributed by atoms with Crippen LogP contribution in [0.15, 0.2) is 0 Å². The van der Waals surface area contributed by atoms with Crippen molar-refractivity contribution in [1.29, 1.82) is 0 Å². The van der Waals surface area contributed by atoms with E-state index in [1.807, 2.05) is 6.92 Å². The Balaban J connectivity index is 2.11. The van der Waals surface area contributed by atoms with E-state index in [1.54, 1.807) is 11.3 Å². The molecule has 1 saturated heterocycles. The molecule has 0 saturated carbocycles. The molecule has 1 aliphatic heterocycles. The summed E-state index contributed by atoms with van der Waals surface area (Å²) in [6.45, 7) is 8.98. The topological polar surface area (TPSA) is 36.4 Å². The minimum absolute atomic E-state index is 0.114. The molecule has 1 aromatic rings. The lowest BCUT2D eigenvalue weighted by atomic mass is 9.85. The minimum Gasteiger partial charge on any atom is -0.391 e. The molecule has 0 unspecified atom stereocenters. The fraction of sp³-hybridized carbons (Fsp3) is 0.769. The molecule has 0 amide bonds. The van der Waals surface area contributed by atoms with E-state index in [9.17, 15) is 5.11 Å². The van der Waals surface area contributed by atoms with E-state index < -0.39 is 0 Å². The van der Waals surface area contributed by atoms with E-state index in [0.29, 0.717) is 5.41 Å². The van der Waals surface area contributed by atoms with Crippen LogP contribution in [0.3, 0.4) is 0 Å². The molecule has 0 radical (unpaired) electrons. The van der Waals surface area contributed by atoms with Gasteiger partial charge in [-0.3, -0.25) is 0 Å². The summed E-state index contributed by atoms with van der Waals surface area (Å²) in [6.07, 6.45) is 3.75. The molecule has 0 aromatic carbocycles. The standard InChI is InChI=1S/C13H22N2OS/c1-10-11(9-16)17-12(14-10)15-7-4-5-13(2,3)6-8-15/h16H,4-9H2,1-3H3. The van der Waals surface area contributed by atoms with Gasteiger partial charge in [-0.25, -0.2) is 4.98 Å². The lowest BCUT2D eigenvalue weighted by molar-refractivity contribution is 0.284. The summed E-state index contributed by atoms with van der Waals surface area (Å²) in [6, 6.07) is 0. The van der Waals surface area contributed by atoms with Crippen LogP contribution < -0.4 is 4.90 Å². The van der Waals surface area contributed by atoms with Crippen LogP contribution in [0.5, 0.6) is 0 Å². The van der Waals surface area contributed by atoms with Crippen LogP contribution in [-0.4, -0.2) is 23.2 Å². The molecule has 0 bridgehead atoms. The molecule has 96 valence electrons. The van der Waals surface area contributed by atoms with Crippen molar-refractivity contribution in [1.82, 2.24) is 4.98 Å². The summed E-state index contributed by atoms with van der Waals surface area (Å²) in [4.78, 5) is 7.96. The SMILES string of the molecule is Cc1nc(N2CCCC(C)(C)CC2)sc1CO. The first-order valence-corrected chi connectivity index (χ1v) is 7.15. The maximum absolute atomic E-state index is 9.22. The van der Waals surface area contributed by atoms with Gasteiger partial charge in [0.05, 0.1) is 17.2 Å². The predicted molar refractivity (Wildman–Crippen MR) is 72.6 cm³/mol. The molecular formula is C13H22N2OS. The number of aliphatic hydroxyl groups excluding tert-OH is 1. The average Bonchev–Trinajstić information content (AvgIpc) is 2.54. The first-order valence-electron chi connectivity index (χ1n) is 6.34. The van der Waals surface area contributed by atoms with Crippen LogP contribution >= 0.6 is 11.3 Å². The molecule has 0 spiro atoms. The van der Waals surface area contributed by atoms with Gasteiger partial charge < -0.3 is 10.0 Å². The van der Waals surface area contributed by atoms with Crippen molar-refractivity contribution < 1.29 is 5.11 Å². The summed E-state index contributed by atoms with van der Waals surface area (Å²) >= 11 is 1.64. The maximum Gasteiger partial charge on any atom is 0.185 e. The highest BCUT2D eigenvalue weighted by atomic mass is 32.1. The van der Waals surface area contributed by atoms with Gasteiger partial charge in [0.25, 0.3) is 0 Å². The number of anilines is 1. The van der Waals surface area contributed by atoms with Crippen molar-refractivity contribution >= 4 is 16.5 Å². The number of aromatic nitrogens is 1. The highest BCUT2D eigenvalue weighted by molar-refractivity contribution is 7.15. The largest absolute Gasteiger partial charge is 0.391 e. The number of aryl methyl sites for hydroxylation is 1. The van der Waals surface area contributed by atoms with Crippen LogP contribution in [0.25, 0.3) is 0 Å². The van der Waals surface area contributed by atoms with E-state index >= 15 is 0 Å². The molecular weight excluding hydrogens is 232 g/mol. The fourth-order valence-corrected chi connectivity index (χ4v) is 3.28. The second-order valence-electron chi connectivity index (χ2n) is 5.67. The van der Waals surface area contributed by atoms with Gasteiger partial charge in [0.1, 0.15) is 0 Å². The first-order chi connectivity index (χ1) is 8.02. The second kappa shape index (κ2) is 4.94. The molecule has 1 aromatic heterocycles. The zero-order valence-electron chi connectivity index (χ0n) is 11.0. The molecule has 0 aliphatic carbocycles. The summed E-state index contributed by atoms with van der Waals surface area (Å²) in [5.41, 5.74) is 1.44. The number of hydrogen-bond acceptors (Lipinski definition) is 4. The third-order valence-electron chi connectivity index (χ3n) is 3.64. The van der Waals surface area contributed by atoms with E-state index in [1.165, 1.54) is 19.3 Å². The number of aliphatic hydroxyl groups is 1. The van der Waals surface area contributed by atoms with Crippen molar-refractivity contribution in [2.75, 3.05) is 18.0 Å². The van der Waals surface area contributed by atoms with Crippen molar-refractivity contribution in [2.24, 2.45) is 5.41 Å². The molecule has 2 rings (SSSR count). The number of nitrogens with zero attached hydrogens (tertiary/aromatic N) is 2. The zero-order chi connectivity index (χ0) is 12.5. The van der Waals surface area contributed by atoms with Gasteiger partial charge in [0, 0.05) is 13.1 Å². The van der Waals surface area contributed by atoms with E-state index in [2.05, 4.69) is 23.7 Å². The Bertz CT molecular complexity index is 387. The van der Waals surface area contributed by atoms with Crippen molar-refractivity contribution in [3.8, 4) is 0 Å². The van der Waals surface area contributed by atoms with Gasteiger partial charge in [-0.15, -0.1) is 0 Å². The highest BCUT2D eigenvalue weighted by Gasteiger charge is 2.24. The summed E-state index contributed by atoms with van der Waals surface area (Å²) in [7, 11) is 0. The van der Waals surface area contributed by atoms with Gasteiger partial charge in [0.15, 0.2) is 5.13 Å². The van der Waals surface area contributed by atoms with Crippen molar-refractivity contribution in [3.63, 3.8) is 0 Å². The van der Waals surface area contributed by atoms with Gasteiger partial charge in [-0.05, 0) is 31.6 Å². The normalized spacial score (nSPS) is 20.4. The Morgan fingerprint density at radius 1 is 1.35 bits per heavy atom. The monoisotopic (exact) mass is 254 g/mol. The van der Waals surface area contributed by atoms with Gasteiger partial charge in [-0.2, -0.15) is 0 Å². The molecule has 4 heteroatoms. The first kappa shape index (κ1) is 12.8. The van der Waals surface area contributed by atoms with Gasteiger partial charge >= 0.3 is 0 Å². The average molecular weight is 254 g/mol. The molecule has 1 fully saturated rings. The Morgan fingerprint density at radius 2 is 2.12 bits per heavy atom. The second-order valence-corrected chi connectivity index (χ2v) is 6.73.